The quantitative estimate of drug-likeness (QED) is 0.0220. The Kier molecular flexibility index (Phi) is 37.6. The van der Waals surface area contributed by atoms with Gasteiger partial charge in [-0.15, -0.1) is 0 Å². The zero-order chi connectivity index (χ0) is 66.0. The number of aliphatic hydroxyl groups is 3. The first kappa shape index (κ1) is 78.5. The van der Waals surface area contributed by atoms with Crippen LogP contribution >= 0.6 is 12.2 Å². The molecular formula is C66H109N3O20S. The monoisotopic (exact) mass is 1300 g/mol. The van der Waals surface area contributed by atoms with Crippen molar-refractivity contribution in [2.24, 2.45) is 35.3 Å². The van der Waals surface area contributed by atoms with E-state index in [9.17, 15) is 39.3 Å². The molecule has 2 saturated heterocycles. The SMILES string of the molecule is CCOCCOCCOCCOCCOCCOCCOCCNC(=S)OC1CC[C@@H](C[C@@H](N)[C@@H]2CC(=O)[C@H](C)/C=C(\C)[C@@H](O)[C@@H](O)C(=O)C(C)C[C@H](C)/C=C/C=C/C=C(\C)[C@@H](OC)C[C@@H]3CC[C@@H](C)[C@@](O)(O3)C(=O)C(=O)N3CCCC[C@H]3C(=O)O2)C[C@H]1OC. The summed E-state index contributed by atoms with van der Waals surface area (Å²) in [6.07, 6.45) is 8.64. The van der Waals surface area contributed by atoms with Gasteiger partial charge in [-0.3, -0.25) is 19.2 Å². The molecule has 15 atom stereocenters. The molecule has 6 N–H and O–H groups in total. The predicted octanol–water partition coefficient (Wildman–Crippen LogP) is 5.25. The Morgan fingerprint density at radius 3 is 1.94 bits per heavy atom. The number of nitrogens with zero attached hydrogens (tertiary/aromatic N) is 1. The van der Waals surface area contributed by atoms with Gasteiger partial charge in [-0.25, -0.2) is 4.79 Å². The first-order valence-corrected chi connectivity index (χ1v) is 32.9. The van der Waals surface area contributed by atoms with Gasteiger partial charge in [0.05, 0.1) is 104 Å². The Bertz CT molecular complexity index is 2290. The summed E-state index contributed by atoms with van der Waals surface area (Å²) < 4.78 is 68.8. The highest BCUT2D eigenvalue weighted by molar-refractivity contribution is 7.80. The number of amides is 1. The number of methoxy groups -OCH3 is 2. The molecule has 4 rings (SSSR count). The van der Waals surface area contributed by atoms with Gasteiger partial charge in [0.25, 0.3) is 16.9 Å². The molecule has 2 bridgehead atoms. The Hall–Kier alpha value is -3.96. The van der Waals surface area contributed by atoms with Crippen LogP contribution in [0.15, 0.2) is 47.6 Å². The summed E-state index contributed by atoms with van der Waals surface area (Å²) in [5, 5.41) is 37.7. The van der Waals surface area contributed by atoms with E-state index in [0.29, 0.717) is 157 Å². The average molecular weight is 1300 g/mol. The van der Waals surface area contributed by atoms with E-state index in [4.69, 9.17) is 74.8 Å². The van der Waals surface area contributed by atoms with E-state index in [2.05, 4.69) is 5.32 Å². The minimum absolute atomic E-state index is 0.0232. The molecule has 1 saturated carbocycles. The Morgan fingerprint density at radius 1 is 0.733 bits per heavy atom. The molecule has 0 aromatic rings. The zero-order valence-electron chi connectivity index (χ0n) is 55.1. The third-order valence-electron chi connectivity index (χ3n) is 17.2. The van der Waals surface area contributed by atoms with Crippen molar-refractivity contribution in [3.8, 4) is 0 Å². The molecule has 90 heavy (non-hydrogen) atoms. The molecule has 3 aliphatic heterocycles. The second-order valence-corrected chi connectivity index (χ2v) is 24.6. The number of ketones is 3. The van der Waals surface area contributed by atoms with Crippen LogP contribution in [0.3, 0.4) is 0 Å². The van der Waals surface area contributed by atoms with Crippen LogP contribution in [0.2, 0.25) is 0 Å². The number of hydrogen-bond acceptors (Lipinski definition) is 22. The predicted molar refractivity (Wildman–Crippen MR) is 340 cm³/mol. The highest BCUT2D eigenvalue weighted by atomic mass is 32.1. The van der Waals surface area contributed by atoms with E-state index in [-0.39, 0.29) is 54.5 Å². The Labute approximate surface area is 539 Å². The largest absolute Gasteiger partial charge is 0.465 e. The summed E-state index contributed by atoms with van der Waals surface area (Å²) in [4.78, 5) is 72.3. The van der Waals surface area contributed by atoms with Gasteiger partial charge in [0.15, 0.2) is 5.78 Å². The first-order chi connectivity index (χ1) is 43.1. The van der Waals surface area contributed by atoms with Crippen molar-refractivity contribution in [2.45, 2.75) is 186 Å². The zero-order valence-corrected chi connectivity index (χ0v) is 55.9. The normalized spacial score (nSPS) is 32.4. The number of nitrogens with one attached hydrogen (secondary N) is 1. The number of esters is 1. The number of carbonyl (C=O) groups is 5. The average Bonchev–Trinajstić information content (AvgIpc) is 0.874. The molecule has 2 unspecified atom stereocenters. The summed E-state index contributed by atoms with van der Waals surface area (Å²) in [6, 6.07) is -2.15. The number of fused-ring (bicyclic) bond motifs is 3. The molecule has 0 radical (unpaired) electrons. The number of allylic oxidation sites excluding steroid dienone is 6. The van der Waals surface area contributed by atoms with Crippen molar-refractivity contribution in [2.75, 3.05) is 120 Å². The van der Waals surface area contributed by atoms with Gasteiger partial charge in [0.1, 0.15) is 36.2 Å². The second kappa shape index (κ2) is 43.1. The fourth-order valence-corrected chi connectivity index (χ4v) is 11.9. The van der Waals surface area contributed by atoms with E-state index >= 15 is 0 Å². The van der Waals surface area contributed by atoms with E-state index in [1.807, 2.05) is 51.2 Å². The molecule has 0 spiro atoms. The van der Waals surface area contributed by atoms with Crippen LogP contribution in [0.1, 0.15) is 126 Å². The van der Waals surface area contributed by atoms with Gasteiger partial charge < -0.3 is 88.1 Å². The van der Waals surface area contributed by atoms with E-state index in [1.165, 1.54) is 13.0 Å². The summed E-state index contributed by atoms with van der Waals surface area (Å²) in [7, 11) is 3.14. The van der Waals surface area contributed by atoms with Crippen LogP contribution in [0.4, 0.5) is 0 Å². The first-order valence-electron chi connectivity index (χ1n) is 32.5. The molecule has 0 aromatic carbocycles. The van der Waals surface area contributed by atoms with Crippen LogP contribution in [0.5, 0.6) is 0 Å². The molecule has 1 amide bonds. The minimum Gasteiger partial charge on any atom is -0.465 e. The van der Waals surface area contributed by atoms with Crippen molar-refractivity contribution < 1.29 is 96.1 Å². The maximum Gasteiger partial charge on any atom is 0.329 e. The van der Waals surface area contributed by atoms with Gasteiger partial charge in [-0.05, 0) is 120 Å². The van der Waals surface area contributed by atoms with Crippen molar-refractivity contribution in [3.05, 3.63) is 47.6 Å². The standard InChI is InChI=1S/C66H109N3O20S/c1-10-80-26-27-82-30-31-84-34-35-86-37-36-85-33-32-83-29-28-81-25-23-68-65(90)88-55-22-20-50(41-58(55)79-9)40-52(67)57-43-54(70)46(4)39-48(6)60(72)61(73)59(71)47(5)38-44(2)16-12-11-13-17-45(3)56(78-8)42-51-21-19-49(7)66(77,89-51)62(74)63(75)69-24-15-14-18-53(69)64(76)87-57/h11-13,16-17,39,44,46-47,49-53,55-58,60-61,72-73,77H,10,14-15,18-38,40-43,67H2,1-9H3,(H,68,90)/b13-11+,16-12+,45-17+,48-39+/t44-,46-,47?,49-,50+,51+,52-,53+,55?,56+,57+,58-,60-,61+,66-/m1/s1. The summed E-state index contributed by atoms with van der Waals surface area (Å²) in [5.41, 5.74) is 8.06. The van der Waals surface area contributed by atoms with Gasteiger partial charge >= 0.3 is 5.97 Å². The molecule has 24 heteroatoms. The third kappa shape index (κ3) is 27.2. The molecule has 4 aliphatic rings. The number of nitrogens with two attached hydrogens (primary N) is 1. The van der Waals surface area contributed by atoms with E-state index in [1.54, 1.807) is 35.0 Å². The van der Waals surface area contributed by atoms with Crippen molar-refractivity contribution in [1.82, 2.24) is 10.2 Å². The van der Waals surface area contributed by atoms with E-state index in [0.717, 1.165) is 10.5 Å². The lowest BCUT2D eigenvalue weighted by atomic mass is 9.80. The maximum absolute atomic E-state index is 14.6. The number of carbonyl (C=O) groups excluding carboxylic acids is 5. The van der Waals surface area contributed by atoms with Crippen molar-refractivity contribution in [3.63, 3.8) is 0 Å². The summed E-state index contributed by atoms with van der Waals surface area (Å²) in [6.45, 7) is 19.3. The van der Waals surface area contributed by atoms with Gasteiger partial charge in [0.2, 0.25) is 5.79 Å². The van der Waals surface area contributed by atoms with Gasteiger partial charge in [-0.2, -0.15) is 0 Å². The Morgan fingerprint density at radius 2 is 1.34 bits per heavy atom. The Balaban J connectivity index is 1.37. The molecule has 0 aromatic heterocycles. The minimum atomic E-state index is -2.49. The van der Waals surface area contributed by atoms with Crippen molar-refractivity contribution in [1.29, 1.82) is 0 Å². The highest BCUT2D eigenvalue weighted by Crippen LogP contribution is 2.37. The lowest BCUT2D eigenvalue weighted by Crippen LogP contribution is -2.61. The maximum atomic E-state index is 14.6. The molecule has 23 nitrogen and oxygen atoms in total. The van der Waals surface area contributed by atoms with E-state index < -0.39 is 101 Å². The third-order valence-corrected chi connectivity index (χ3v) is 17.4. The van der Waals surface area contributed by atoms with Crippen LogP contribution in [0.25, 0.3) is 0 Å². The molecule has 3 heterocycles. The summed E-state index contributed by atoms with van der Waals surface area (Å²) >= 11 is 5.54. The highest BCUT2D eigenvalue weighted by Gasteiger charge is 2.53. The number of cyclic esters (lactones) is 1. The lowest BCUT2D eigenvalue weighted by molar-refractivity contribution is -0.265. The number of ether oxygens (including phenoxy) is 12. The molecular weight excluding hydrogens is 1190 g/mol. The lowest BCUT2D eigenvalue weighted by Gasteiger charge is -2.42. The molecule has 514 valence electrons. The number of aliphatic hydroxyl groups excluding tert-OH is 2. The van der Waals surface area contributed by atoms with Crippen LogP contribution in [-0.2, 0) is 80.8 Å². The fourth-order valence-electron chi connectivity index (χ4n) is 11.7. The number of hydrogen-bond donors (Lipinski definition) is 5. The fraction of sp³-hybridized carbons (Fsp3) is 0.788. The summed E-state index contributed by atoms with van der Waals surface area (Å²) in [5.74, 6) is -8.97. The van der Waals surface area contributed by atoms with Crippen LogP contribution in [0, 0.1) is 29.6 Å². The second-order valence-electron chi connectivity index (χ2n) is 24.2. The molecule has 1 aliphatic carbocycles. The van der Waals surface area contributed by atoms with Gasteiger partial charge in [-0.1, -0.05) is 64.2 Å². The number of piperidine rings is 1. The number of thiocarbonyl (C=S) groups is 1. The van der Waals surface area contributed by atoms with Gasteiger partial charge in [0, 0.05) is 70.6 Å². The smallest absolute Gasteiger partial charge is 0.329 e. The van der Waals surface area contributed by atoms with Crippen LogP contribution in [-0.4, -0.2) is 235 Å². The topological polar surface area (TPSA) is 298 Å². The number of Topliss-reactive ketones (excluding diaryl/α,β-unsaturated/α-hetero) is 3. The molecule has 3 fully saturated rings. The van der Waals surface area contributed by atoms with Crippen molar-refractivity contribution >= 4 is 46.6 Å². The van der Waals surface area contributed by atoms with Crippen LogP contribution < -0.4 is 11.1 Å². The number of rotatable bonds is 28.